The van der Waals surface area contributed by atoms with E-state index >= 15 is 0 Å². The molecule has 0 amide bonds. The van der Waals surface area contributed by atoms with Crippen LogP contribution < -0.4 is 11.1 Å². The third-order valence-electron chi connectivity index (χ3n) is 1.66. The van der Waals surface area contributed by atoms with Gasteiger partial charge in [0.25, 0.3) is 0 Å². The predicted octanol–water partition coefficient (Wildman–Crippen LogP) is -0.833. The van der Waals surface area contributed by atoms with Gasteiger partial charge in [-0.2, -0.15) is 0 Å². The third-order valence-corrected chi connectivity index (χ3v) is 1.66. The second-order valence-electron chi connectivity index (χ2n) is 2.33. The fraction of sp³-hybridized carbons (Fsp3) is 0.833. The molecule has 58 valence electrons. The lowest BCUT2D eigenvalue weighted by Crippen LogP contribution is -2.22. The van der Waals surface area contributed by atoms with Gasteiger partial charge in [-0.25, -0.2) is 0 Å². The monoisotopic (exact) mass is 143 g/mol. The highest BCUT2D eigenvalue weighted by molar-refractivity contribution is 5.90. The summed E-state index contributed by atoms with van der Waals surface area (Å²) < 4.78 is 0. The summed E-state index contributed by atoms with van der Waals surface area (Å²) in [6, 6.07) is 0. The first-order valence-electron chi connectivity index (χ1n) is 3.39. The second kappa shape index (κ2) is 3.53. The zero-order valence-electron chi connectivity index (χ0n) is 6.13. The zero-order chi connectivity index (χ0) is 7.40. The minimum Gasteiger partial charge on any atom is -0.399 e. The Kier molecular flexibility index (Phi) is 2.65. The van der Waals surface area contributed by atoms with Crippen LogP contribution in [0.15, 0.2) is 5.16 Å². The maximum absolute atomic E-state index is 5.48. The number of oxime groups is 1. The van der Waals surface area contributed by atoms with Gasteiger partial charge in [0.15, 0.2) is 0 Å². The lowest BCUT2D eigenvalue weighted by molar-refractivity contribution is 0.211. The van der Waals surface area contributed by atoms with E-state index in [1.165, 1.54) is 0 Å². The quantitative estimate of drug-likeness (QED) is 0.496. The lowest BCUT2D eigenvalue weighted by atomic mass is 10.1. The highest BCUT2D eigenvalue weighted by Gasteiger charge is 2.20. The van der Waals surface area contributed by atoms with Crippen LogP contribution in [0.3, 0.4) is 0 Å². The Hall–Kier alpha value is -0.610. The summed E-state index contributed by atoms with van der Waals surface area (Å²) in [5, 5.41) is 7.02. The molecule has 1 aliphatic heterocycles. The molecular formula is C6H13N3O. The van der Waals surface area contributed by atoms with Gasteiger partial charge in [-0.3, -0.25) is 0 Å². The Morgan fingerprint density at radius 1 is 1.90 bits per heavy atom. The molecule has 1 heterocycles. The molecule has 1 aliphatic rings. The molecule has 0 bridgehead atoms. The minimum absolute atomic E-state index is 0.375. The van der Waals surface area contributed by atoms with E-state index in [1.807, 2.05) is 0 Å². The van der Waals surface area contributed by atoms with Gasteiger partial charge in [0.05, 0.1) is 5.71 Å². The average Bonchev–Trinajstić information content (AvgIpc) is 2.36. The van der Waals surface area contributed by atoms with Crippen LogP contribution in [0.4, 0.5) is 0 Å². The van der Waals surface area contributed by atoms with Crippen molar-refractivity contribution in [3.8, 4) is 0 Å². The van der Waals surface area contributed by atoms with Gasteiger partial charge in [-0.15, -0.1) is 0 Å². The largest absolute Gasteiger partial charge is 0.399 e. The number of hydrogen-bond acceptors (Lipinski definition) is 4. The van der Waals surface area contributed by atoms with E-state index in [4.69, 9.17) is 5.73 Å². The van der Waals surface area contributed by atoms with Crippen LogP contribution in [0.2, 0.25) is 0 Å². The smallest absolute Gasteiger partial charge is 0.106 e. The highest BCUT2D eigenvalue weighted by Crippen LogP contribution is 2.02. The summed E-state index contributed by atoms with van der Waals surface area (Å²) in [7, 11) is 1.55. The molecule has 1 unspecified atom stereocenters. The molecule has 1 saturated heterocycles. The van der Waals surface area contributed by atoms with Crippen LogP contribution in [0, 0.1) is 5.92 Å². The van der Waals surface area contributed by atoms with Gasteiger partial charge in [-0.1, -0.05) is 5.16 Å². The van der Waals surface area contributed by atoms with Gasteiger partial charge in [0.2, 0.25) is 0 Å². The Balaban J connectivity index is 2.49. The number of nitrogens with zero attached hydrogens (tertiary/aromatic N) is 1. The Labute approximate surface area is 60.4 Å². The molecule has 1 atom stereocenters. The maximum Gasteiger partial charge on any atom is 0.106 e. The second-order valence-corrected chi connectivity index (χ2v) is 2.33. The first kappa shape index (κ1) is 7.50. The lowest BCUT2D eigenvalue weighted by Gasteiger charge is -2.03. The van der Waals surface area contributed by atoms with Crippen molar-refractivity contribution in [2.24, 2.45) is 16.8 Å². The third kappa shape index (κ3) is 1.46. The molecule has 0 aromatic carbocycles. The minimum atomic E-state index is 0.375. The molecule has 4 nitrogen and oxygen atoms in total. The van der Waals surface area contributed by atoms with Crippen molar-refractivity contribution in [2.45, 2.75) is 0 Å². The zero-order valence-corrected chi connectivity index (χ0v) is 6.13. The maximum atomic E-state index is 5.48. The van der Waals surface area contributed by atoms with Crippen molar-refractivity contribution in [2.75, 3.05) is 26.7 Å². The summed E-state index contributed by atoms with van der Waals surface area (Å²) in [4.78, 5) is 4.65. The van der Waals surface area contributed by atoms with Crippen molar-refractivity contribution in [1.82, 2.24) is 5.32 Å². The Morgan fingerprint density at radius 3 is 3.30 bits per heavy atom. The fourth-order valence-corrected chi connectivity index (χ4v) is 1.08. The van der Waals surface area contributed by atoms with Crippen molar-refractivity contribution in [3.05, 3.63) is 0 Å². The summed E-state index contributed by atoms with van der Waals surface area (Å²) in [5.74, 6) is 0.375. The number of nitrogens with two attached hydrogens (primary N) is 1. The summed E-state index contributed by atoms with van der Waals surface area (Å²) in [5.41, 5.74) is 6.51. The van der Waals surface area contributed by atoms with Crippen LogP contribution in [-0.4, -0.2) is 32.5 Å². The molecule has 0 saturated carbocycles. The predicted molar refractivity (Wildman–Crippen MR) is 39.9 cm³/mol. The first-order valence-corrected chi connectivity index (χ1v) is 3.39. The molecular weight excluding hydrogens is 130 g/mol. The van der Waals surface area contributed by atoms with Crippen LogP contribution in [0.5, 0.6) is 0 Å². The molecule has 1 fully saturated rings. The van der Waals surface area contributed by atoms with E-state index in [-0.39, 0.29) is 0 Å². The van der Waals surface area contributed by atoms with Crippen molar-refractivity contribution in [1.29, 1.82) is 0 Å². The van der Waals surface area contributed by atoms with Gasteiger partial charge in [0, 0.05) is 25.6 Å². The van der Waals surface area contributed by atoms with Crippen LogP contribution >= 0.6 is 0 Å². The van der Waals surface area contributed by atoms with Gasteiger partial charge < -0.3 is 15.9 Å². The number of hydrogen-bond donors (Lipinski definition) is 2. The van der Waals surface area contributed by atoms with E-state index in [1.54, 1.807) is 7.11 Å². The molecule has 0 aromatic heterocycles. The summed E-state index contributed by atoms with van der Waals surface area (Å²) in [6.45, 7) is 2.39. The van der Waals surface area contributed by atoms with Gasteiger partial charge in [0.1, 0.15) is 7.11 Å². The summed E-state index contributed by atoms with van der Waals surface area (Å²) >= 11 is 0. The van der Waals surface area contributed by atoms with E-state index in [2.05, 4.69) is 15.3 Å². The standard InChI is InChI=1S/C6H13N3O/c1-10-9-6-4-8-3-5(6)2-7/h5,8H,2-4,7H2,1H3. The normalized spacial score (nSPS) is 29.4. The molecule has 0 aliphatic carbocycles. The van der Waals surface area contributed by atoms with Crippen molar-refractivity contribution in [3.63, 3.8) is 0 Å². The first-order chi connectivity index (χ1) is 4.88. The topological polar surface area (TPSA) is 59.6 Å². The summed E-state index contributed by atoms with van der Waals surface area (Å²) in [6.07, 6.45) is 0. The van der Waals surface area contributed by atoms with E-state index < -0.39 is 0 Å². The van der Waals surface area contributed by atoms with Crippen molar-refractivity contribution >= 4 is 5.71 Å². The number of nitrogens with one attached hydrogen (secondary N) is 1. The average molecular weight is 143 g/mol. The van der Waals surface area contributed by atoms with E-state index in [0.29, 0.717) is 12.5 Å². The van der Waals surface area contributed by atoms with Crippen molar-refractivity contribution < 1.29 is 4.84 Å². The van der Waals surface area contributed by atoms with Crippen LogP contribution in [0.1, 0.15) is 0 Å². The SMILES string of the molecule is CON=C1CNCC1CN. The molecule has 3 N–H and O–H groups in total. The Bertz CT molecular complexity index is 135. The molecule has 0 spiro atoms. The molecule has 1 rings (SSSR count). The molecule has 4 heteroatoms. The fourth-order valence-electron chi connectivity index (χ4n) is 1.08. The van der Waals surface area contributed by atoms with Gasteiger partial charge >= 0.3 is 0 Å². The molecule has 10 heavy (non-hydrogen) atoms. The van der Waals surface area contributed by atoms with Crippen LogP contribution in [-0.2, 0) is 4.84 Å². The Morgan fingerprint density at radius 2 is 2.70 bits per heavy atom. The molecule has 0 radical (unpaired) electrons. The van der Waals surface area contributed by atoms with Gasteiger partial charge in [-0.05, 0) is 0 Å². The molecule has 0 aromatic rings. The van der Waals surface area contributed by atoms with Crippen LogP contribution in [0.25, 0.3) is 0 Å². The van der Waals surface area contributed by atoms with E-state index in [0.717, 1.165) is 18.8 Å². The highest BCUT2D eigenvalue weighted by atomic mass is 16.6. The van der Waals surface area contributed by atoms with E-state index in [9.17, 15) is 0 Å². The number of rotatable bonds is 2.